The molecule has 0 aliphatic carbocycles. The van der Waals surface area contributed by atoms with Crippen LogP contribution in [0.15, 0.2) is 11.8 Å². The van der Waals surface area contributed by atoms with E-state index in [0.29, 0.717) is 5.70 Å². The van der Waals surface area contributed by atoms with Gasteiger partial charge >= 0.3 is 5.97 Å². The molecule has 0 saturated carbocycles. The quantitative estimate of drug-likeness (QED) is 0.604. The Bertz CT molecular complexity index is 204. The maximum Gasteiger partial charge on any atom is 0.333 e. The van der Waals surface area contributed by atoms with Gasteiger partial charge in [0.25, 0.3) is 0 Å². The van der Waals surface area contributed by atoms with Gasteiger partial charge in [0.2, 0.25) is 0 Å². The van der Waals surface area contributed by atoms with Gasteiger partial charge < -0.3 is 10.5 Å². The van der Waals surface area contributed by atoms with E-state index in [9.17, 15) is 4.79 Å². The lowest BCUT2D eigenvalue weighted by Gasteiger charge is -2.26. The van der Waals surface area contributed by atoms with Crippen molar-refractivity contribution in [3.63, 3.8) is 0 Å². The molecule has 11 heavy (non-hydrogen) atoms. The van der Waals surface area contributed by atoms with Crippen LogP contribution in [0.2, 0.25) is 0 Å². The second-order valence-electron chi connectivity index (χ2n) is 2.72. The van der Waals surface area contributed by atoms with Crippen LogP contribution >= 0.6 is 0 Å². The fourth-order valence-electron chi connectivity index (χ4n) is 1.34. The van der Waals surface area contributed by atoms with Crippen LogP contribution in [0.25, 0.3) is 0 Å². The highest BCUT2D eigenvalue weighted by Crippen LogP contribution is 2.30. The fraction of sp³-hybridized carbons (Fsp3) is 0.625. The summed E-state index contributed by atoms with van der Waals surface area (Å²) in [5.74, 6) is -0.314. The van der Waals surface area contributed by atoms with Gasteiger partial charge in [-0.1, -0.05) is 13.8 Å². The number of cyclic esters (lactones) is 1. The van der Waals surface area contributed by atoms with Gasteiger partial charge in [-0.25, -0.2) is 4.79 Å². The minimum atomic E-state index is -0.503. The molecule has 0 aromatic carbocycles. The number of nitrogens with two attached hydrogens (primary N) is 1. The molecule has 2 N–H and O–H groups in total. The first-order valence-corrected chi connectivity index (χ1v) is 3.85. The summed E-state index contributed by atoms with van der Waals surface area (Å²) < 4.78 is 5.10. The number of hydrogen-bond donors (Lipinski definition) is 1. The van der Waals surface area contributed by atoms with Gasteiger partial charge in [0.05, 0.1) is 5.70 Å². The third-order valence-electron chi connectivity index (χ3n) is 2.24. The molecule has 0 fully saturated rings. The number of carbonyl (C=O) groups is 1. The highest BCUT2D eigenvalue weighted by atomic mass is 16.6. The average Bonchev–Trinajstić information content (AvgIpc) is 2.27. The standard InChI is InChI=1S/C8H13NO2/c1-3-8(4-2)6(9)5-7(10)11-8/h5H,3-4,9H2,1-2H3. The molecule has 0 aromatic rings. The van der Waals surface area contributed by atoms with E-state index in [4.69, 9.17) is 10.5 Å². The maximum absolute atomic E-state index is 10.8. The molecule has 1 aliphatic rings. The number of ether oxygens (including phenoxy) is 1. The SMILES string of the molecule is CCC1(CC)OC(=O)C=C1N. The van der Waals surface area contributed by atoms with Crippen molar-refractivity contribution in [2.75, 3.05) is 0 Å². The summed E-state index contributed by atoms with van der Waals surface area (Å²) in [6.07, 6.45) is 2.86. The predicted molar refractivity (Wildman–Crippen MR) is 41.7 cm³/mol. The smallest absolute Gasteiger partial charge is 0.333 e. The third kappa shape index (κ3) is 1.11. The second kappa shape index (κ2) is 2.57. The van der Waals surface area contributed by atoms with Crippen LogP contribution in [0.1, 0.15) is 26.7 Å². The van der Waals surface area contributed by atoms with Crippen molar-refractivity contribution in [1.82, 2.24) is 0 Å². The van der Waals surface area contributed by atoms with Crippen LogP contribution < -0.4 is 5.73 Å². The minimum Gasteiger partial charge on any atom is -0.449 e. The highest BCUT2D eigenvalue weighted by Gasteiger charge is 2.38. The Balaban J connectivity index is 2.88. The third-order valence-corrected chi connectivity index (χ3v) is 2.24. The Morgan fingerprint density at radius 1 is 1.55 bits per heavy atom. The van der Waals surface area contributed by atoms with Crippen LogP contribution in [0.5, 0.6) is 0 Å². The summed E-state index contributed by atoms with van der Waals surface area (Å²) >= 11 is 0. The van der Waals surface area contributed by atoms with Crippen molar-refractivity contribution < 1.29 is 9.53 Å². The lowest BCUT2D eigenvalue weighted by molar-refractivity contribution is -0.146. The largest absolute Gasteiger partial charge is 0.449 e. The number of esters is 1. The maximum atomic E-state index is 10.8. The summed E-state index contributed by atoms with van der Waals surface area (Å²) in [6, 6.07) is 0. The molecule has 62 valence electrons. The summed E-state index contributed by atoms with van der Waals surface area (Å²) in [5.41, 5.74) is 5.70. The number of hydrogen-bond acceptors (Lipinski definition) is 3. The van der Waals surface area contributed by atoms with E-state index < -0.39 is 5.60 Å². The molecule has 0 unspecified atom stereocenters. The van der Waals surface area contributed by atoms with E-state index in [1.807, 2.05) is 13.8 Å². The van der Waals surface area contributed by atoms with Crippen molar-refractivity contribution >= 4 is 5.97 Å². The molecule has 0 atom stereocenters. The zero-order chi connectivity index (χ0) is 8.48. The Hall–Kier alpha value is -0.990. The van der Waals surface area contributed by atoms with Gasteiger partial charge in [-0.05, 0) is 12.8 Å². The number of rotatable bonds is 2. The first-order valence-electron chi connectivity index (χ1n) is 3.85. The van der Waals surface area contributed by atoms with E-state index in [1.165, 1.54) is 6.08 Å². The highest BCUT2D eigenvalue weighted by molar-refractivity contribution is 5.86. The van der Waals surface area contributed by atoms with Gasteiger partial charge in [0.15, 0.2) is 5.60 Å². The lowest BCUT2D eigenvalue weighted by atomic mass is 9.95. The topological polar surface area (TPSA) is 52.3 Å². The summed E-state index contributed by atoms with van der Waals surface area (Å²) in [5, 5.41) is 0. The Kier molecular flexibility index (Phi) is 1.89. The van der Waals surface area contributed by atoms with Gasteiger partial charge in [-0.15, -0.1) is 0 Å². The van der Waals surface area contributed by atoms with Crippen LogP contribution in [0, 0.1) is 0 Å². The molecule has 0 aromatic heterocycles. The molecule has 0 spiro atoms. The molecular weight excluding hydrogens is 142 g/mol. The van der Waals surface area contributed by atoms with Crippen molar-refractivity contribution in [3.05, 3.63) is 11.8 Å². The first kappa shape index (κ1) is 8.11. The van der Waals surface area contributed by atoms with Gasteiger partial charge in [-0.2, -0.15) is 0 Å². The van der Waals surface area contributed by atoms with E-state index in [1.54, 1.807) is 0 Å². The Morgan fingerprint density at radius 2 is 2.09 bits per heavy atom. The molecule has 0 radical (unpaired) electrons. The normalized spacial score (nSPS) is 21.3. The molecule has 1 heterocycles. The van der Waals surface area contributed by atoms with Gasteiger partial charge in [0, 0.05) is 6.08 Å². The average molecular weight is 155 g/mol. The van der Waals surface area contributed by atoms with Gasteiger partial charge in [0.1, 0.15) is 0 Å². The van der Waals surface area contributed by atoms with Crippen molar-refractivity contribution in [2.45, 2.75) is 32.3 Å². The van der Waals surface area contributed by atoms with E-state index in [0.717, 1.165) is 12.8 Å². The van der Waals surface area contributed by atoms with E-state index >= 15 is 0 Å². The van der Waals surface area contributed by atoms with Crippen LogP contribution in [-0.4, -0.2) is 11.6 Å². The zero-order valence-corrected chi connectivity index (χ0v) is 6.89. The van der Waals surface area contributed by atoms with E-state index in [2.05, 4.69) is 0 Å². The van der Waals surface area contributed by atoms with Crippen LogP contribution in [0.3, 0.4) is 0 Å². The van der Waals surface area contributed by atoms with E-state index in [-0.39, 0.29) is 5.97 Å². The molecule has 3 heteroatoms. The van der Waals surface area contributed by atoms with Crippen molar-refractivity contribution in [3.8, 4) is 0 Å². The Morgan fingerprint density at radius 3 is 2.27 bits per heavy atom. The van der Waals surface area contributed by atoms with Crippen LogP contribution in [-0.2, 0) is 9.53 Å². The number of carbonyl (C=O) groups excluding carboxylic acids is 1. The molecule has 3 nitrogen and oxygen atoms in total. The fourth-order valence-corrected chi connectivity index (χ4v) is 1.34. The molecule has 1 aliphatic heterocycles. The van der Waals surface area contributed by atoms with Gasteiger partial charge in [-0.3, -0.25) is 0 Å². The Labute approximate surface area is 66.2 Å². The predicted octanol–water partition coefficient (Wildman–Crippen LogP) is 0.945. The van der Waals surface area contributed by atoms with Crippen LogP contribution in [0.4, 0.5) is 0 Å². The second-order valence-corrected chi connectivity index (χ2v) is 2.72. The molecule has 0 saturated heterocycles. The summed E-state index contributed by atoms with van der Waals surface area (Å²) in [4.78, 5) is 10.8. The summed E-state index contributed by atoms with van der Waals surface area (Å²) in [6.45, 7) is 3.92. The van der Waals surface area contributed by atoms with Crippen molar-refractivity contribution in [2.24, 2.45) is 5.73 Å². The minimum absolute atomic E-state index is 0.314. The van der Waals surface area contributed by atoms with Crippen molar-refractivity contribution in [1.29, 1.82) is 0 Å². The monoisotopic (exact) mass is 155 g/mol. The summed E-state index contributed by atoms with van der Waals surface area (Å²) in [7, 11) is 0. The lowest BCUT2D eigenvalue weighted by Crippen LogP contribution is -2.33. The molecule has 0 bridgehead atoms. The first-order chi connectivity index (χ1) is 5.14. The zero-order valence-electron chi connectivity index (χ0n) is 6.89. The molecule has 0 amide bonds. The molecule has 1 rings (SSSR count). The molecular formula is C8H13NO2.